The molecule has 1 aromatic heterocycles. The summed E-state index contributed by atoms with van der Waals surface area (Å²) < 4.78 is 0. The van der Waals surface area contributed by atoms with Gasteiger partial charge in [-0.05, 0) is 24.1 Å². The smallest absolute Gasteiger partial charge is 0.0705 e. The normalized spacial score (nSPS) is 10.8. The van der Waals surface area contributed by atoms with Crippen LogP contribution in [0.25, 0.3) is 10.9 Å². The molecule has 0 aliphatic heterocycles. The Bertz CT molecular complexity index is 465. The standard InChI is InChI=1S/C13H15NO/c1-2-5-12-11(9-15)8-10-6-3-4-7-13(10)14-12/h3-4,6-8,15H,2,5,9H2,1H3. The lowest BCUT2D eigenvalue weighted by molar-refractivity contribution is 0.280. The van der Waals surface area contributed by atoms with Crippen LogP contribution in [0.15, 0.2) is 30.3 Å². The third-order valence-electron chi connectivity index (χ3n) is 2.55. The molecule has 0 saturated heterocycles. The molecule has 15 heavy (non-hydrogen) atoms. The zero-order chi connectivity index (χ0) is 10.7. The van der Waals surface area contributed by atoms with Gasteiger partial charge in [0.25, 0.3) is 0 Å². The van der Waals surface area contributed by atoms with Crippen molar-refractivity contribution in [1.29, 1.82) is 0 Å². The van der Waals surface area contributed by atoms with Crippen LogP contribution in [0.1, 0.15) is 24.6 Å². The average molecular weight is 201 g/mol. The molecule has 1 aromatic carbocycles. The zero-order valence-electron chi connectivity index (χ0n) is 8.90. The van der Waals surface area contributed by atoms with Gasteiger partial charge >= 0.3 is 0 Å². The zero-order valence-corrected chi connectivity index (χ0v) is 8.90. The molecule has 2 heteroatoms. The highest BCUT2D eigenvalue weighted by Gasteiger charge is 2.04. The van der Waals surface area contributed by atoms with Crippen molar-refractivity contribution >= 4 is 10.9 Å². The van der Waals surface area contributed by atoms with Crippen molar-refractivity contribution in [3.63, 3.8) is 0 Å². The molecule has 1 N–H and O–H groups in total. The largest absolute Gasteiger partial charge is 0.392 e. The van der Waals surface area contributed by atoms with E-state index in [1.54, 1.807) is 0 Å². The maximum atomic E-state index is 9.26. The predicted octanol–water partition coefficient (Wildman–Crippen LogP) is 2.68. The molecule has 1 heterocycles. The van der Waals surface area contributed by atoms with Crippen LogP contribution in [0.3, 0.4) is 0 Å². The molecule has 0 radical (unpaired) electrons. The molecule has 0 amide bonds. The molecule has 0 saturated carbocycles. The van der Waals surface area contributed by atoms with Crippen molar-refractivity contribution in [2.24, 2.45) is 0 Å². The number of aliphatic hydroxyl groups is 1. The number of aliphatic hydroxyl groups excluding tert-OH is 1. The third kappa shape index (κ3) is 2.00. The van der Waals surface area contributed by atoms with Crippen molar-refractivity contribution < 1.29 is 5.11 Å². The van der Waals surface area contributed by atoms with Gasteiger partial charge < -0.3 is 5.11 Å². The summed E-state index contributed by atoms with van der Waals surface area (Å²) in [5.74, 6) is 0. The van der Waals surface area contributed by atoms with Gasteiger partial charge in [0.1, 0.15) is 0 Å². The summed E-state index contributed by atoms with van der Waals surface area (Å²) >= 11 is 0. The Kier molecular flexibility index (Phi) is 2.97. The Balaban J connectivity index is 2.58. The molecule has 0 unspecified atom stereocenters. The number of nitrogens with zero attached hydrogens (tertiary/aromatic N) is 1. The lowest BCUT2D eigenvalue weighted by atomic mass is 10.1. The fraction of sp³-hybridized carbons (Fsp3) is 0.308. The minimum absolute atomic E-state index is 0.0766. The molecular weight excluding hydrogens is 186 g/mol. The molecule has 0 fully saturated rings. The summed E-state index contributed by atoms with van der Waals surface area (Å²) in [7, 11) is 0. The lowest BCUT2D eigenvalue weighted by Crippen LogP contribution is -1.98. The number of fused-ring (bicyclic) bond motifs is 1. The first-order valence-corrected chi connectivity index (χ1v) is 5.33. The summed E-state index contributed by atoms with van der Waals surface area (Å²) in [6.45, 7) is 2.20. The van der Waals surface area contributed by atoms with Crippen LogP contribution in [0.2, 0.25) is 0 Å². The number of benzene rings is 1. The van der Waals surface area contributed by atoms with Gasteiger partial charge in [-0.15, -0.1) is 0 Å². The van der Waals surface area contributed by atoms with Gasteiger partial charge in [0.2, 0.25) is 0 Å². The Hall–Kier alpha value is -1.41. The van der Waals surface area contributed by atoms with E-state index in [9.17, 15) is 5.11 Å². The van der Waals surface area contributed by atoms with E-state index in [-0.39, 0.29) is 6.61 Å². The molecule has 78 valence electrons. The molecule has 2 rings (SSSR count). The SMILES string of the molecule is CCCc1nc2ccccc2cc1CO. The van der Waals surface area contributed by atoms with Gasteiger partial charge in [-0.1, -0.05) is 31.5 Å². The van der Waals surface area contributed by atoms with Crippen LogP contribution < -0.4 is 0 Å². The Morgan fingerprint density at radius 1 is 1.27 bits per heavy atom. The van der Waals surface area contributed by atoms with Crippen molar-refractivity contribution in [1.82, 2.24) is 4.98 Å². The molecular formula is C13H15NO. The van der Waals surface area contributed by atoms with Crippen LogP contribution in [0.4, 0.5) is 0 Å². The van der Waals surface area contributed by atoms with E-state index in [4.69, 9.17) is 0 Å². The average Bonchev–Trinajstić information content (AvgIpc) is 2.28. The van der Waals surface area contributed by atoms with E-state index < -0.39 is 0 Å². The lowest BCUT2D eigenvalue weighted by Gasteiger charge is -2.07. The fourth-order valence-electron chi connectivity index (χ4n) is 1.79. The minimum atomic E-state index is 0.0766. The summed E-state index contributed by atoms with van der Waals surface area (Å²) in [6.07, 6.45) is 1.99. The summed E-state index contributed by atoms with van der Waals surface area (Å²) in [5, 5.41) is 10.4. The van der Waals surface area contributed by atoms with E-state index >= 15 is 0 Å². The first-order valence-electron chi connectivity index (χ1n) is 5.33. The van der Waals surface area contributed by atoms with E-state index in [1.807, 2.05) is 30.3 Å². The van der Waals surface area contributed by atoms with Gasteiger partial charge in [0.15, 0.2) is 0 Å². The van der Waals surface area contributed by atoms with Crippen molar-refractivity contribution in [3.05, 3.63) is 41.6 Å². The number of hydrogen-bond donors (Lipinski definition) is 1. The number of aromatic nitrogens is 1. The van der Waals surface area contributed by atoms with Crippen LogP contribution in [-0.4, -0.2) is 10.1 Å². The second-order valence-corrected chi connectivity index (χ2v) is 3.70. The van der Waals surface area contributed by atoms with Crippen LogP contribution >= 0.6 is 0 Å². The fourth-order valence-corrected chi connectivity index (χ4v) is 1.79. The monoisotopic (exact) mass is 201 g/mol. The minimum Gasteiger partial charge on any atom is -0.392 e. The molecule has 0 spiro atoms. The van der Waals surface area contributed by atoms with Gasteiger partial charge in [-0.2, -0.15) is 0 Å². The topological polar surface area (TPSA) is 33.1 Å². The van der Waals surface area contributed by atoms with Crippen molar-refractivity contribution in [2.45, 2.75) is 26.4 Å². The summed E-state index contributed by atoms with van der Waals surface area (Å²) in [6, 6.07) is 10.1. The maximum Gasteiger partial charge on any atom is 0.0705 e. The number of para-hydroxylation sites is 1. The van der Waals surface area contributed by atoms with E-state index in [1.165, 1.54) is 0 Å². The highest BCUT2D eigenvalue weighted by Crippen LogP contribution is 2.17. The Morgan fingerprint density at radius 3 is 2.80 bits per heavy atom. The van der Waals surface area contributed by atoms with Gasteiger partial charge in [0, 0.05) is 11.1 Å². The number of aryl methyl sites for hydroxylation is 1. The Morgan fingerprint density at radius 2 is 2.07 bits per heavy atom. The molecule has 0 atom stereocenters. The number of hydrogen-bond acceptors (Lipinski definition) is 2. The third-order valence-corrected chi connectivity index (χ3v) is 2.55. The highest BCUT2D eigenvalue weighted by molar-refractivity contribution is 5.79. The Labute approximate surface area is 89.6 Å². The van der Waals surface area contributed by atoms with Crippen molar-refractivity contribution in [2.75, 3.05) is 0 Å². The van der Waals surface area contributed by atoms with Crippen LogP contribution in [0.5, 0.6) is 0 Å². The van der Waals surface area contributed by atoms with E-state index in [0.717, 1.165) is 35.0 Å². The van der Waals surface area contributed by atoms with Gasteiger partial charge in [-0.25, -0.2) is 0 Å². The second-order valence-electron chi connectivity index (χ2n) is 3.70. The van der Waals surface area contributed by atoms with Crippen LogP contribution in [0, 0.1) is 0 Å². The summed E-state index contributed by atoms with van der Waals surface area (Å²) in [5.41, 5.74) is 2.99. The second kappa shape index (κ2) is 4.41. The maximum absolute atomic E-state index is 9.26. The number of rotatable bonds is 3. The molecule has 0 aliphatic carbocycles. The molecule has 0 aliphatic rings. The summed E-state index contributed by atoms with van der Waals surface area (Å²) in [4.78, 5) is 4.58. The molecule has 0 bridgehead atoms. The highest BCUT2D eigenvalue weighted by atomic mass is 16.3. The number of pyridine rings is 1. The van der Waals surface area contributed by atoms with Crippen molar-refractivity contribution in [3.8, 4) is 0 Å². The predicted molar refractivity (Wildman–Crippen MR) is 61.7 cm³/mol. The van der Waals surface area contributed by atoms with Gasteiger partial charge in [-0.3, -0.25) is 4.98 Å². The first kappa shape index (κ1) is 10.1. The molecule has 2 aromatic rings. The van der Waals surface area contributed by atoms with Gasteiger partial charge in [0.05, 0.1) is 12.1 Å². The van der Waals surface area contributed by atoms with E-state index in [0.29, 0.717) is 0 Å². The van der Waals surface area contributed by atoms with E-state index in [2.05, 4.69) is 11.9 Å². The quantitative estimate of drug-likeness (QED) is 0.828. The first-order chi connectivity index (χ1) is 7.35. The molecule has 2 nitrogen and oxygen atoms in total. The van der Waals surface area contributed by atoms with Crippen LogP contribution in [-0.2, 0) is 13.0 Å².